The fraction of sp³-hybridized carbons (Fsp3) is 0.360. The van der Waals surface area contributed by atoms with Gasteiger partial charge < -0.3 is 9.88 Å². The molecule has 3 rings (SSSR count). The molecule has 0 saturated carbocycles. The number of benzene rings is 2. The van der Waals surface area contributed by atoms with E-state index in [1.165, 1.54) is 12.1 Å². The fourth-order valence-corrected chi connectivity index (χ4v) is 3.38. The van der Waals surface area contributed by atoms with Crippen molar-refractivity contribution in [2.45, 2.75) is 58.8 Å². The van der Waals surface area contributed by atoms with Crippen molar-refractivity contribution in [1.82, 2.24) is 14.9 Å². The van der Waals surface area contributed by atoms with E-state index in [1.807, 2.05) is 52.2 Å². The maximum absolute atomic E-state index is 13.0. The van der Waals surface area contributed by atoms with Crippen molar-refractivity contribution in [3.05, 3.63) is 66.1 Å². The number of aromatic nitrogens is 2. The SMILES string of the molecule is CC(C)(C)NC(=O)c1cc(-c2ccc(C(F)(F)F)cc2)cc(-c2cncn2C(C)(C)C)c1. The Labute approximate surface area is 186 Å². The molecule has 0 aliphatic heterocycles. The predicted molar refractivity (Wildman–Crippen MR) is 120 cm³/mol. The molecule has 0 fully saturated rings. The van der Waals surface area contributed by atoms with E-state index in [2.05, 4.69) is 10.3 Å². The van der Waals surface area contributed by atoms with E-state index in [0.29, 0.717) is 16.7 Å². The number of hydrogen-bond donors (Lipinski definition) is 1. The molecular formula is C25H28F3N3O. The molecule has 1 aromatic heterocycles. The summed E-state index contributed by atoms with van der Waals surface area (Å²) in [7, 11) is 0. The van der Waals surface area contributed by atoms with E-state index < -0.39 is 17.3 Å². The van der Waals surface area contributed by atoms with Crippen molar-refractivity contribution in [2.24, 2.45) is 0 Å². The van der Waals surface area contributed by atoms with E-state index in [-0.39, 0.29) is 11.4 Å². The first-order chi connectivity index (χ1) is 14.6. The number of alkyl halides is 3. The molecule has 3 aromatic rings. The van der Waals surface area contributed by atoms with Crippen LogP contribution >= 0.6 is 0 Å². The minimum Gasteiger partial charge on any atom is -0.347 e. The molecule has 0 spiro atoms. The van der Waals surface area contributed by atoms with Crippen LogP contribution in [0.5, 0.6) is 0 Å². The summed E-state index contributed by atoms with van der Waals surface area (Å²) in [4.78, 5) is 17.2. The number of nitrogens with one attached hydrogen (secondary N) is 1. The lowest BCUT2D eigenvalue weighted by molar-refractivity contribution is -0.137. The zero-order chi connectivity index (χ0) is 23.9. The molecular weight excluding hydrogens is 415 g/mol. The number of nitrogens with zero attached hydrogens (tertiary/aromatic N) is 2. The van der Waals surface area contributed by atoms with E-state index in [9.17, 15) is 18.0 Å². The summed E-state index contributed by atoms with van der Waals surface area (Å²) >= 11 is 0. The lowest BCUT2D eigenvalue weighted by Crippen LogP contribution is -2.40. The lowest BCUT2D eigenvalue weighted by Gasteiger charge is -2.24. The van der Waals surface area contributed by atoms with Crippen LogP contribution in [0, 0.1) is 0 Å². The third-order valence-electron chi connectivity index (χ3n) is 4.89. The van der Waals surface area contributed by atoms with E-state index >= 15 is 0 Å². The highest BCUT2D eigenvalue weighted by molar-refractivity contribution is 5.97. The van der Waals surface area contributed by atoms with Gasteiger partial charge in [0.2, 0.25) is 0 Å². The van der Waals surface area contributed by atoms with Gasteiger partial charge in [0.1, 0.15) is 0 Å². The lowest BCUT2D eigenvalue weighted by atomic mass is 9.96. The standard InChI is InChI=1S/C25H28F3N3O/c1-23(2,3)30-22(32)19-12-17(16-7-9-20(10-8-16)25(26,27)28)11-18(13-19)21-14-29-15-31(21)24(4,5)6/h7-15H,1-6H3,(H,30,32). The van der Waals surface area contributed by atoms with Crippen LogP contribution in [0.2, 0.25) is 0 Å². The summed E-state index contributed by atoms with van der Waals surface area (Å²) in [6, 6.07) is 10.3. The van der Waals surface area contributed by atoms with Crippen molar-refractivity contribution in [1.29, 1.82) is 0 Å². The molecule has 0 unspecified atom stereocenters. The molecule has 32 heavy (non-hydrogen) atoms. The van der Waals surface area contributed by atoms with Gasteiger partial charge in [0.05, 0.1) is 23.8 Å². The molecule has 0 aliphatic carbocycles. The summed E-state index contributed by atoms with van der Waals surface area (Å²) in [5.74, 6) is -0.255. The first kappa shape index (κ1) is 23.6. The average molecular weight is 444 g/mol. The molecule has 1 heterocycles. The topological polar surface area (TPSA) is 46.9 Å². The highest BCUT2D eigenvalue weighted by Crippen LogP contribution is 2.34. The Hall–Kier alpha value is -3.09. The van der Waals surface area contributed by atoms with Gasteiger partial charge in [-0.1, -0.05) is 12.1 Å². The molecule has 0 bridgehead atoms. The van der Waals surface area contributed by atoms with Gasteiger partial charge in [-0.2, -0.15) is 13.2 Å². The Morgan fingerprint density at radius 1 is 0.875 bits per heavy atom. The Kier molecular flexibility index (Phi) is 5.98. The summed E-state index contributed by atoms with van der Waals surface area (Å²) in [6.07, 6.45) is -0.949. The molecule has 170 valence electrons. The first-order valence-corrected chi connectivity index (χ1v) is 10.3. The van der Waals surface area contributed by atoms with Gasteiger partial charge in [0.15, 0.2) is 0 Å². The highest BCUT2D eigenvalue weighted by atomic mass is 19.4. The number of rotatable bonds is 3. The minimum absolute atomic E-state index is 0.246. The van der Waals surface area contributed by atoms with Crippen LogP contribution in [0.4, 0.5) is 13.2 Å². The molecule has 4 nitrogen and oxygen atoms in total. The van der Waals surface area contributed by atoms with Gasteiger partial charge in [0.25, 0.3) is 5.91 Å². The maximum Gasteiger partial charge on any atom is 0.416 e. The van der Waals surface area contributed by atoms with E-state index in [4.69, 9.17) is 0 Å². The monoisotopic (exact) mass is 443 g/mol. The van der Waals surface area contributed by atoms with Crippen LogP contribution in [-0.2, 0) is 11.7 Å². The fourth-order valence-electron chi connectivity index (χ4n) is 3.38. The highest BCUT2D eigenvalue weighted by Gasteiger charge is 2.30. The van der Waals surface area contributed by atoms with Crippen LogP contribution in [0.15, 0.2) is 55.0 Å². The predicted octanol–water partition coefficient (Wildman–Crippen LogP) is 6.52. The zero-order valence-electron chi connectivity index (χ0n) is 19.1. The molecule has 1 N–H and O–H groups in total. The molecule has 2 aromatic carbocycles. The molecule has 0 radical (unpaired) electrons. The Morgan fingerprint density at radius 2 is 1.47 bits per heavy atom. The van der Waals surface area contributed by atoms with Crippen LogP contribution < -0.4 is 5.32 Å². The van der Waals surface area contributed by atoms with Gasteiger partial charge >= 0.3 is 6.18 Å². The number of hydrogen-bond acceptors (Lipinski definition) is 2. The van der Waals surface area contributed by atoms with Crippen LogP contribution in [0.3, 0.4) is 0 Å². The van der Waals surface area contributed by atoms with E-state index in [0.717, 1.165) is 23.4 Å². The van der Waals surface area contributed by atoms with Crippen molar-refractivity contribution < 1.29 is 18.0 Å². The van der Waals surface area contributed by atoms with Gasteiger partial charge in [0, 0.05) is 22.2 Å². The average Bonchev–Trinajstić information content (AvgIpc) is 3.16. The largest absolute Gasteiger partial charge is 0.416 e. The molecule has 0 aliphatic rings. The Bertz CT molecular complexity index is 1120. The minimum atomic E-state index is -4.41. The van der Waals surface area contributed by atoms with Crippen LogP contribution in [-0.4, -0.2) is 21.0 Å². The number of carbonyl (C=O) groups excluding carboxylic acids is 1. The smallest absolute Gasteiger partial charge is 0.347 e. The second-order valence-electron chi connectivity index (χ2n) is 9.90. The summed E-state index contributed by atoms with van der Waals surface area (Å²) in [5, 5.41) is 2.95. The van der Waals surface area contributed by atoms with Crippen molar-refractivity contribution in [3.63, 3.8) is 0 Å². The molecule has 0 atom stereocenters. The maximum atomic E-state index is 13.0. The third kappa shape index (κ3) is 5.39. The van der Waals surface area contributed by atoms with Crippen molar-refractivity contribution in [3.8, 4) is 22.4 Å². The first-order valence-electron chi connectivity index (χ1n) is 10.3. The summed E-state index contributed by atoms with van der Waals surface area (Å²) in [6.45, 7) is 11.8. The number of halogens is 3. The molecule has 7 heteroatoms. The van der Waals surface area contributed by atoms with Crippen LogP contribution in [0.1, 0.15) is 57.5 Å². The second kappa shape index (κ2) is 8.11. The second-order valence-corrected chi connectivity index (χ2v) is 9.90. The number of carbonyl (C=O) groups is 1. The normalized spacial score (nSPS) is 12.7. The number of imidazole rings is 1. The van der Waals surface area contributed by atoms with Gasteiger partial charge in [-0.05, 0) is 83.0 Å². The van der Waals surface area contributed by atoms with E-state index in [1.54, 1.807) is 24.7 Å². The summed E-state index contributed by atoms with van der Waals surface area (Å²) < 4.78 is 41.0. The molecule has 1 amide bonds. The van der Waals surface area contributed by atoms with Crippen LogP contribution in [0.25, 0.3) is 22.4 Å². The third-order valence-corrected chi connectivity index (χ3v) is 4.89. The Balaban J connectivity index is 2.16. The van der Waals surface area contributed by atoms with Gasteiger partial charge in [-0.3, -0.25) is 4.79 Å². The van der Waals surface area contributed by atoms with Crippen molar-refractivity contribution in [2.75, 3.05) is 0 Å². The van der Waals surface area contributed by atoms with Gasteiger partial charge in [-0.25, -0.2) is 4.98 Å². The zero-order valence-corrected chi connectivity index (χ0v) is 19.1. The van der Waals surface area contributed by atoms with Gasteiger partial charge in [-0.15, -0.1) is 0 Å². The molecule has 0 saturated heterocycles. The number of amides is 1. The van der Waals surface area contributed by atoms with Crippen molar-refractivity contribution >= 4 is 5.91 Å². The Morgan fingerprint density at radius 3 is 2.00 bits per heavy atom. The summed E-state index contributed by atoms with van der Waals surface area (Å²) in [5.41, 5.74) is 1.84. The quantitative estimate of drug-likeness (QED) is 0.501.